The molecular weight excluding hydrogens is 356 g/mol. The second-order valence-electron chi connectivity index (χ2n) is 4.43. The molecular formula is C14H14BrClN4O. The first-order valence-corrected chi connectivity index (χ1v) is 7.31. The zero-order valence-electron chi connectivity index (χ0n) is 11.3. The molecule has 0 radical (unpaired) electrons. The summed E-state index contributed by atoms with van der Waals surface area (Å²) in [5.41, 5.74) is 8.73. The molecule has 0 aliphatic rings. The highest BCUT2D eigenvalue weighted by atomic mass is 79.9. The highest BCUT2D eigenvalue weighted by molar-refractivity contribution is 9.10. The molecule has 0 fully saturated rings. The summed E-state index contributed by atoms with van der Waals surface area (Å²) in [6.07, 6.45) is 1.59. The fourth-order valence-corrected chi connectivity index (χ4v) is 2.59. The van der Waals surface area contributed by atoms with E-state index in [1.165, 1.54) is 0 Å². The van der Waals surface area contributed by atoms with Crippen molar-refractivity contribution in [3.8, 4) is 0 Å². The predicted octanol–water partition coefficient (Wildman–Crippen LogP) is 3.51. The van der Waals surface area contributed by atoms with Crippen LogP contribution in [-0.4, -0.2) is 16.0 Å². The molecule has 0 spiro atoms. The van der Waals surface area contributed by atoms with E-state index in [0.29, 0.717) is 17.3 Å². The zero-order chi connectivity index (χ0) is 15.4. The van der Waals surface area contributed by atoms with Gasteiger partial charge in [0.2, 0.25) is 0 Å². The van der Waals surface area contributed by atoms with Gasteiger partial charge in [0.15, 0.2) is 5.84 Å². The average Bonchev–Trinajstić information content (AvgIpc) is 2.49. The Balaban J connectivity index is 2.23. The van der Waals surface area contributed by atoms with Gasteiger partial charge in [0.1, 0.15) is 5.69 Å². The summed E-state index contributed by atoms with van der Waals surface area (Å²) in [5, 5.41) is 15.7. The minimum Gasteiger partial charge on any atom is -0.409 e. The molecule has 5 nitrogen and oxygen atoms in total. The first-order chi connectivity index (χ1) is 10.0. The Bertz CT molecular complexity index is 691. The van der Waals surface area contributed by atoms with Crippen LogP contribution in [-0.2, 0) is 6.54 Å². The Morgan fingerprint density at radius 3 is 3.00 bits per heavy atom. The van der Waals surface area contributed by atoms with Gasteiger partial charge >= 0.3 is 0 Å². The molecule has 0 aliphatic carbocycles. The molecule has 0 bridgehead atoms. The molecule has 0 amide bonds. The molecule has 21 heavy (non-hydrogen) atoms. The van der Waals surface area contributed by atoms with Crippen molar-refractivity contribution in [2.24, 2.45) is 10.9 Å². The van der Waals surface area contributed by atoms with Crippen LogP contribution in [0.3, 0.4) is 0 Å². The van der Waals surface area contributed by atoms with Crippen molar-refractivity contribution >= 4 is 39.1 Å². The van der Waals surface area contributed by atoms with Gasteiger partial charge in [-0.05, 0) is 46.6 Å². The summed E-state index contributed by atoms with van der Waals surface area (Å²) in [6, 6.07) is 7.44. The van der Waals surface area contributed by atoms with Crippen LogP contribution in [0.4, 0.5) is 5.69 Å². The van der Waals surface area contributed by atoms with Crippen LogP contribution < -0.4 is 11.1 Å². The van der Waals surface area contributed by atoms with Gasteiger partial charge in [-0.25, -0.2) is 0 Å². The van der Waals surface area contributed by atoms with Gasteiger partial charge in [0, 0.05) is 27.8 Å². The third kappa shape index (κ3) is 3.65. The number of nitrogens with one attached hydrogen (secondary N) is 1. The fourth-order valence-electron chi connectivity index (χ4n) is 1.83. The van der Waals surface area contributed by atoms with Crippen molar-refractivity contribution in [1.82, 2.24) is 4.98 Å². The first-order valence-electron chi connectivity index (χ1n) is 6.14. The molecule has 1 aromatic heterocycles. The third-order valence-electron chi connectivity index (χ3n) is 2.96. The van der Waals surface area contributed by atoms with Crippen molar-refractivity contribution in [3.63, 3.8) is 0 Å². The molecule has 2 aromatic rings. The molecule has 110 valence electrons. The number of anilines is 1. The quantitative estimate of drug-likeness (QED) is 0.333. The average molecular weight is 370 g/mol. The van der Waals surface area contributed by atoms with Crippen LogP contribution in [0, 0.1) is 6.92 Å². The summed E-state index contributed by atoms with van der Waals surface area (Å²) in [7, 11) is 0. The lowest BCUT2D eigenvalue weighted by Gasteiger charge is -2.12. The Labute approximate surface area is 136 Å². The molecule has 4 N–H and O–H groups in total. The summed E-state index contributed by atoms with van der Waals surface area (Å²) in [6.45, 7) is 2.41. The second kappa shape index (κ2) is 6.78. The molecule has 0 unspecified atom stereocenters. The summed E-state index contributed by atoms with van der Waals surface area (Å²) >= 11 is 9.62. The van der Waals surface area contributed by atoms with Gasteiger partial charge in [-0.3, -0.25) is 4.98 Å². The maximum absolute atomic E-state index is 8.79. The number of amidine groups is 1. The molecule has 2 rings (SSSR count). The van der Waals surface area contributed by atoms with E-state index in [-0.39, 0.29) is 5.84 Å². The van der Waals surface area contributed by atoms with Gasteiger partial charge in [-0.1, -0.05) is 22.8 Å². The van der Waals surface area contributed by atoms with E-state index in [4.69, 9.17) is 22.5 Å². The van der Waals surface area contributed by atoms with Crippen LogP contribution >= 0.6 is 27.5 Å². The van der Waals surface area contributed by atoms with Crippen molar-refractivity contribution in [1.29, 1.82) is 0 Å². The van der Waals surface area contributed by atoms with E-state index < -0.39 is 0 Å². The molecule has 0 aliphatic heterocycles. The molecule has 1 aromatic carbocycles. The Morgan fingerprint density at radius 2 is 2.29 bits per heavy atom. The van der Waals surface area contributed by atoms with E-state index in [0.717, 1.165) is 21.3 Å². The van der Waals surface area contributed by atoms with Crippen LogP contribution in [0.5, 0.6) is 0 Å². The van der Waals surface area contributed by atoms with E-state index in [2.05, 4.69) is 31.4 Å². The number of nitrogens with zero attached hydrogens (tertiary/aromatic N) is 2. The lowest BCUT2D eigenvalue weighted by molar-refractivity contribution is 0.318. The van der Waals surface area contributed by atoms with Gasteiger partial charge < -0.3 is 16.3 Å². The third-order valence-corrected chi connectivity index (χ3v) is 4.02. The SMILES string of the molecule is Cc1cc(Br)c(NCc2cccnc2/C(N)=N/O)cc1Cl. The second-order valence-corrected chi connectivity index (χ2v) is 5.69. The summed E-state index contributed by atoms with van der Waals surface area (Å²) in [4.78, 5) is 4.12. The molecule has 0 atom stereocenters. The molecule has 1 heterocycles. The number of aryl methyl sites for hydroxylation is 1. The molecule has 0 saturated heterocycles. The lowest BCUT2D eigenvalue weighted by atomic mass is 10.1. The number of halogens is 2. The van der Waals surface area contributed by atoms with E-state index in [1.54, 1.807) is 12.3 Å². The zero-order valence-corrected chi connectivity index (χ0v) is 13.6. The summed E-state index contributed by atoms with van der Waals surface area (Å²) < 4.78 is 0.915. The normalized spacial score (nSPS) is 11.5. The standard InChI is InChI=1S/C14H14BrClN4O/c1-8-5-10(15)12(6-11(8)16)19-7-9-3-2-4-18-13(9)14(17)20-21/h2-6,19,21H,7H2,1H3,(H2,17,20). The number of oxime groups is 1. The van der Waals surface area contributed by atoms with Crippen molar-refractivity contribution < 1.29 is 5.21 Å². The molecule has 0 saturated carbocycles. The van der Waals surface area contributed by atoms with Gasteiger partial charge in [0.05, 0.1) is 5.69 Å². The number of aromatic nitrogens is 1. The minimum atomic E-state index is -0.0200. The lowest BCUT2D eigenvalue weighted by Crippen LogP contribution is -2.18. The number of benzene rings is 1. The smallest absolute Gasteiger partial charge is 0.189 e. The first kappa shape index (κ1) is 15.6. The largest absolute Gasteiger partial charge is 0.409 e. The highest BCUT2D eigenvalue weighted by Gasteiger charge is 2.09. The fraction of sp³-hybridized carbons (Fsp3) is 0.143. The van der Waals surface area contributed by atoms with Gasteiger partial charge in [-0.15, -0.1) is 0 Å². The predicted molar refractivity (Wildman–Crippen MR) is 88.0 cm³/mol. The Kier molecular flexibility index (Phi) is 5.03. The van der Waals surface area contributed by atoms with E-state index in [1.807, 2.05) is 25.1 Å². The number of nitrogens with two attached hydrogens (primary N) is 1. The van der Waals surface area contributed by atoms with Crippen molar-refractivity contribution in [2.75, 3.05) is 5.32 Å². The van der Waals surface area contributed by atoms with Gasteiger partial charge in [-0.2, -0.15) is 0 Å². The number of hydrogen-bond donors (Lipinski definition) is 3. The maximum atomic E-state index is 8.79. The number of rotatable bonds is 4. The van der Waals surface area contributed by atoms with E-state index in [9.17, 15) is 0 Å². The highest BCUT2D eigenvalue weighted by Crippen LogP contribution is 2.29. The Hall–Kier alpha value is -1.79. The van der Waals surface area contributed by atoms with Crippen LogP contribution in [0.1, 0.15) is 16.8 Å². The van der Waals surface area contributed by atoms with Crippen LogP contribution in [0.25, 0.3) is 0 Å². The van der Waals surface area contributed by atoms with Crippen LogP contribution in [0.15, 0.2) is 40.1 Å². The number of hydrogen-bond acceptors (Lipinski definition) is 4. The summed E-state index contributed by atoms with van der Waals surface area (Å²) in [5.74, 6) is -0.0200. The topological polar surface area (TPSA) is 83.5 Å². The number of pyridine rings is 1. The van der Waals surface area contributed by atoms with E-state index >= 15 is 0 Å². The monoisotopic (exact) mass is 368 g/mol. The van der Waals surface area contributed by atoms with Crippen LogP contribution in [0.2, 0.25) is 5.02 Å². The van der Waals surface area contributed by atoms with Gasteiger partial charge in [0.25, 0.3) is 0 Å². The van der Waals surface area contributed by atoms with Crippen molar-refractivity contribution in [3.05, 3.63) is 56.8 Å². The van der Waals surface area contributed by atoms with Crippen molar-refractivity contribution in [2.45, 2.75) is 13.5 Å². The maximum Gasteiger partial charge on any atom is 0.189 e. The Morgan fingerprint density at radius 1 is 1.52 bits per heavy atom. The molecule has 7 heteroatoms. The minimum absolute atomic E-state index is 0.0200.